The number of hydrogen-bond donors (Lipinski definition) is 1. The summed E-state index contributed by atoms with van der Waals surface area (Å²) in [5, 5.41) is 9.31. The number of sulfone groups is 1. The molecule has 0 aromatic heterocycles. The maximum atomic E-state index is 11.3. The van der Waals surface area contributed by atoms with Crippen molar-refractivity contribution in [2.45, 2.75) is 12.8 Å². The molecule has 1 aromatic carbocycles. The minimum absolute atomic E-state index is 0.177. The molecule has 2 N–H and O–H groups in total. The molecule has 0 amide bonds. The van der Waals surface area contributed by atoms with Crippen LogP contribution in [-0.2, 0) is 9.84 Å². The fourth-order valence-corrected chi connectivity index (χ4v) is 3.62. The quantitative estimate of drug-likeness (QED) is 0.806. The number of nitrogens with two attached hydrogens (primary N) is 1. The third-order valence-corrected chi connectivity index (χ3v) is 5.20. The molecule has 4 nitrogen and oxygen atoms in total. The Balaban J connectivity index is 2.33. The van der Waals surface area contributed by atoms with Crippen molar-refractivity contribution in [3.8, 4) is 6.07 Å². The average Bonchev–Trinajstić information content (AvgIpc) is 2.36. The summed E-state index contributed by atoms with van der Waals surface area (Å²) in [5.41, 5.74) is 8.02. The smallest absolute Gasteiger partial charge is 0.150 e. The summed E-state index contributed by atoms with van der Waals surface area (Å²) in [6.45, 7) is 0. The number of halogens is 1. The first-order valence-corrected chi connectivity index (χ1v) is 8.01. The van der Waals surface area contributed by atoms with Crippen LogP contribution in [0, 0.1) is 11.3 Å². The summed E-state index contributed by atoms with van der Waals surface area (Å²) in [7, 11) is -2.88. The van der Waals surface area contributed by atoms with Crippen molar-refractivity contribution in [3.63, 3.8) is 0 Å². The lowest BCUT2D eigenvalue weighted by atomic mass is 10.0. The highest BCUT2D eigenvalue weighted by Crippen LogP contribution is 2.29. The van der Waals surface area contributed by atoms with E-state index < -0.39 is 9.84 Å². The van der Waals surface area contributed by atoms with Crippen LogP contribution in [-0.4, -0.2) is 19.9 Å². The fourth-order valence-electron chi connectivity index (χ4n) is 2.00. The van der Waals surface area contributed by atoms with Gasteiger partial charge < -0.3 is 5.73 Å². The number of allylic oxidation sites excluding steroid dienone is 1. The van der Waals surface area contributed by atoms with E-state index in [0.29, 0.717) is 29.1 Å². The minimum atomic E-state index is -2.88. The average molecular weight is 297 g/mol. The maximum Gasteiger partial charge on any atom is 0.150 e. The topological polar surface area (TPSA) is 83.9 Å². The van der Waals surface area contributed by atoms with E-state index in [1.807, 2.05) is 12.1 Å². The van der Waals surface area contributed by atoms with Gasteiger partial charge in [-0.1, -0.05) is 29.3 Å². The molecule has 0 unspecified atom stereocenters. The molecule has 0 aliphatic carbocycles. The number of hydrogen-bond acceptors (Lipinski definition) is 4. The molecule has 0 atom stereocenters. The zero-order valence-corrected chi connectivity index (χ0v) is 11.8. The van der Waals surface area contributed by atoms with Gasteiger partial charge in [-0.25, -0.2) is 8.42 Å². The fraction of sp³-hybridized carbons (Fsp3) is 0.308. The second-order valence-corrected chi connectivity index (χ2v) is 7.18. The number of anilines is 1. The summed E-state index contributed by atoms with van der Waals surface area (Å²) in [6.07, 6.45) is 2.90. The molecule has 1 aliphatic rings. The number of nitriles is 1. The molecule has 2 rings (SSSR count). The van der Waals surface area contributed by atoms with E-state index in [1.165, 1.54) is 0 Å². The van der Waals surface area contributed by atoms with E-state index in [4.69, 9.17) is 22.6 Å². The highest BCUT2D eigenvalue weighted by atomic mass is 35.5. The predicted octanol–water partition coefficient (Wildman–Crippen LogP) is 2.39. The van der Waals surface area contributed by atoms with Gasteiger partial charge in [-0.3, -0.25) is 0 Å². The molecule has 100 valence electrons. The zero-order valence-electron chi connectivity index (χ0n) is 10.2. The van der Waals surface area contributed by atoms with Crippen molar-refractivity contribution >= 4 is 33.2 Å². The molecule has 6 heteroatoms. The molecule has 19 heavy (non-hydrogen) atoms. The second kappa shape index (κ2) is 5.24. The van der Waals surface area contributed by atoms with Crippen LogP contribution in [0.1, 0.15) is 24.0 Å². The van der Waals surface area contributed by atoms with Gasteiger partial charge in [0.25, 0.3) is 0 Å². The minimum Gasteiger partial charge on any atom is -0.398 e. The molecular weight excluding hydrogens is 284 g/mol. The molecule has 1 fully saturated rings. The number of nitrogens with zero attached hydrogens (tertiary/aromatic N) is 1. The van der Waals surface area contributed by atoms with Gasteiger partial charge in [0, 0.05) is 0 Å². The lowest BCUT2D eigenvalue weighted by Crippen LogP contribution is -2.17. The Morgan fingerprint density at radius 2 is 1.95 bits per heavy atom. The van der Waals surface area contributed by atoms with Gasteiger partial charge in [-0.05, 0) is 24.5 Å². The van der Waals surface area contributed by atoms with Gasteiger partial charge in [0.05, 0.1) is 27.8 Å². The van der Waals surface area contributed by atoms with Gasteiger partial charge >= 0.3 is 0 Å². The van der Waals surface area contributed by atoms with Crippen molar-refractivity contribution in [1.82, 2.24) is 0 Å². The standard InChI is InChI=1S/C13H13ClN2O2S/c14-13-10(1-2-12(16)11(13)8-15)7-9-3-5-19(17,18)6-4-9/h1-2,7H,3-6,16H2. The first kappa shape index (κ1) is 13.9. The third-order valence-electron chi connectivity index (χ3n) is 3.14. The molecule has 0 bridgehead atoms. The monoisotopic (exact) mass is 296 g/mol. The molecule has 0 saturated carbocycles. The van der Waals surface area contributed by atoms with Gasteiger partial charge in [0.15, 0.2) is 9.84 Å². The van der Waals surface area contributed by atoms with Crippen LogP contribution in [0.4, 0.5) is 5.69 Å². The van der Waals surface area contributed by atoms with Crippen LogP contribution in [0.25, 0.3) is 6.08 Å². The number of rotatable bonds is 1. The number of nitrogen functional groups attached to an aromatic ring is 1. The molecule has 1 saturated heterocycles. The first-order chi connectivity index (χ1) is 8.93. The first-order valence-electron chi connectivity index (χ1n) is 5.81. The second-order valence-electron chi connectivity index (χ2n) is 4.50. The van der Waals surface area contributed by atoms with E-state index in [9.17, 15) is 8.42 Å². The molecular formula is C13H13ClN2O2S. The van der Waals surface area contributed by atoms with Crippen molar-refractivity contribution in [2.24, 2.45) is 0 Å². The highest BCUT2D eigenvalue weighted by Gasteiger charge is 2.19. The largest absolute Gasteiger partial charge is 0.398 e. The Hall–Kier alpha value is -1.51. The summed E-state index contributed by atoms with van der Waals surface area (Å²) < 4.78 is 22.7. The summed E-state index contributed by atoms with van der Waals surface area (Å²) in [5.74, 6) is 0.354. The van der Waals surface area contributed by atoms with E-state index in [-0.39, 0.29) is 17.1 Å². The van der Waals surface area contributed by atoms with Gasteiger partial charge in [-0.15, -0.1) is 0 Å². The van der Waals surface area contributed by atoms with Crippen LogP contribution in [0.2, 0.25) is 5.02 Å². The van der Waals surface area contributed by atoms with Gasteiger partial charge in [0.1, 0.15) is 6.07 Å². The SMILES string of the molecule is N#Cc1c(N)ccc(C=C2CCS(=O)(=O)CC2)c1Cl. The van der Waals surface area contributed by atoms with Crippen molar-refractivity contribution in [1.29, 1.82) is 5.26 Å². The van der Waals surface area contributed by atoms with E-state index in [0.717, 1.165) is 5.57 Å². The lowest BCUT2D eigenvalue weighted by molar-refractivity contribution is 0.589. The summed E-state index contributed by atoms with van der Waals surface area (Å²) in [6, 6.07) is 5.35. The Labute approximate surface area is 117 Å². The highest BCUT2D eigenvalue weighted by molar-refractivity contribution is 7.91. The molecule has 0 spiro atoms. The van der Waals surface area contributed by atoms with Crippen LogP contribution < -0.4 is 5.73 Å². The van der Waals surface area contributed by atoms with Crippen LogP contribution in [0.5, 0.6) is 0 Å². The van der Waals surface area contributed by atoms with Crippen LogP contribution in [0.3, 0.4) is 0 Å². The Bertz CT molecular complexity index is 671. The van der Waals surface area contributed by atoms with E-state index in [1.54, 1.807) is 12.1 Å². The van der Waals surface area contributed by atoms with Gasteiger partial charge in [-0.2, -0.15) is 5.26 Å². The van der Waals surface area contributed by atoms with Gasteiger partial charge in [0.2, 0.25) is 0 Å². The normalized spacial score (nSPS) is 17.8. The molecule has 0 radical (unpaired) electrons. The van der Waals surface area contributed by atoms with Crippen molar-refractivity contribution < 1.29 is 8.42 Å². The Morgan fingerprint density at radius 3 is 2.53 bits per heavy atom. The van der Waals surface area contributed by atoms with E-state index >= 15 is 0 Å². The lowest BCUT2D eigenvalue weighted by Gasteiger charge is -2.15. The predicted molar refractivity (Wildman–Crippen MR) is 76.4 cm³/mol. The zero-order chi connectivity index (χ0) is 14.0. The summed E-state index contributed by atoms with van der Waals surface area (Å²) >= 11 is 6.12. The maximum absolute atomic E-state index is 11.3. The number of benzene rings is 1. The van der Waals surface area contributed by atoms with Crippen molar-refractivity contribution in [3.05, 3.63) is 33.9 Å². The molecule has 1 heterocycles. The third kappa shape index (κ3) is 3.09. The summed E-state index contributed by atoms with van der Waals surface area (Å²) in [4.78, 5) is 0. The van der Waals surface area contributed by atoms with Crippen LogP contribution >= 0.6 is 11.6 Å². The molecule has 1 aromatic rings. The van der Waals surface area contributed by atoms with Crippen molar-refractivity contribution in [2.75, 3.05) is 17.2 Å². The van der Waals surface area contributed by atoms with Crippen LogP contribution in [0.15, 0.2) is 17.7 Å². The Morgan fingerprint density at radius 1 is 1.32 bits per heavy atom. The van der Waals surface area contributed by atoms with E-state index in [2.05, 4.69) is 0 Å². The Kier molecular flexibility index (Phi) is 3.83. The molecule has 1 aliphatic heterocycles.